The number of aromatic nitrogens is 1. The van der Waals surface area contributed by atoms with Gasteiger partial charge in [0, 0.05) is 31.2 Å². The van der Waals surface area contributed by atoms with Crippen LogP contribution in [0, 0.1) is 11.2 Å². The molecule has 8 heteroatoms. The molecule has 28 heavy (non-hydrogen) atoms. The second kappa shape index (κ2) is 6.48. The normalized spacial score (nSPS) is 20.0. The molecule has 1 aromatic heterocycles. The number of rotatable bonds is 5. The summed E-state index contributed by atoms with van der Waals surface area (Å²) in [7, 11) is 0. The molecule has 2 N–H and O–H groups in total. The topological polar surface area (TPSA) is 83.8 Å². The molecule has 0 saturated carbocycles. The van der Waals surface area contributed by atoms with Crippen LogP contribution in [-0.2, 0) is 0 Å². The summed E-state index contributed by atoms with van der Waals surface area (Å²) in [6.07, 6.45) is 1.34. The maximum atomic E-state index is 15.1. The minimum Gasteiger partial charge on any atom is -0.487 e. The Hall–Kier alpha value is -2.61. The van der Waals surface area contributed by atoms with Gasteiger partial charge >= 0.3 is 5.97 Å². The number of hydrogen-bond acceptors (Lipinski definition) is 5. The summed E-state index contributed by atoms with van der Waals surface area (Å²) in [4.78, 5) is 26.0. The van der Waals surface area contributed by atoms with Gasteiger partial charge in [-0.05, 0) is 19.5 Å². The molecule has 7 nitrogen and oxygen atoms in total. The van der Waals surface area contributed by atoms with Crippen LogP contribution in [0.5, 0.6) is 5.75 Å². The zero-order chi connectivity index (χ0) is 20.2. The number of anilines is 1. The standard InChI is InChI=1S/C20H24FN3O4/c1-4-22-8-20(3)9-23(10-20)16-14(21)5-12-15-18(16)28-7-11(2)24(15)6-13(17(12)25)19(26)27/h5-6,11,22H,4,7-10H2,1-3H3,(H,26,27)/t11-/m0/s1. The number of aromatic carboxylic acids is 1. The van der Waals surface area contributed by atoms with Crippen molar-refractivity contribution in [2.45, 2.75) is 26.8 Å². The Morgan fingerprint density at radius 2 is 2.18 bits per heavy atom. The second-order valence-corrected chi connectivity index (χ2v) is 8.12. The third-order valence-electron chi connectivity index (χ3n) is 5.64. The SMILES string of the molecule is CCNCC1(C)CN(c2c(F)cc3c(=O)c(C(=O)O)cn4c3c2OC[C@@H]4C)C1. The van der Waals surface area contributed by atoms with E-state index in [0.717, 1.165) is 19.2 Å². The highest BCUT2D eigenvalue weighted by molar-refractivity contribution is 5.97. The van der Waals surface area contributed by atoms with Crippen LogP contribution in [0.25, 0.3) is 10.9 Å². The molecule has 1 fully saturated rings. The van der Waals surface area contributed by atoms with E-state index in [1.165, 1.54) is 6.20 Å². The lowest BCUT2D eigenvalue weighted by atomic mass is 9.81. The van der Waals surface area contributed by atoms with Gasteiger partial charge in [-0.3, -0.25) is 4.79 Å². The van der Waals surface area contributed by atoms with Gasteiger partial charge in [0.15, 0.2) is 11.6 Å². The zero-order valence-electron chi connectivity index (χ0n) is 16.2. The zero-order valence-corrected chi connectivity index (χ0v) is 16.2. The lowest BCUT2D eigenvalue weighted by molar-refractivity contribution is 0.0694. The van der Waals surface area contributed by atoms with Crippen LogP contribution < -0.4 is 20.4 Å². The third kappa shape index (κ3) is 2.74. The first-order valence-corrected chi connectivity index (χ1v) is 9.49. The molecule has 1 aromatic carbocycles. The number of nitrogens with zero attached hydrogens (tertiary/aromatic N) is 2. The van der Waals surface area contributed by atoms with Crippen LogP contribution in [0.4, 0.5) is 10.1 Å². The van der Waals surface area contributed by atoms with Crippen molar-refractivity contribution in [2.75, 3.05) is 37.7 Å². The highest BCUT2D eigenvalue weighted by atomic mass is 19.1. The lowest BCUT2D eigenvalue weighted by Crippen LogP contribution is -2.59. The lowest BCUT2D eigenvalue weighted by Gasteiger charge is -2.50. The Bertz CT molecular complexity index is 1030. The smallest absolute Gasteiger partial charge is 0.341 e. The molecule has 2 aliphatic rings. The van der Waals surface area contributed by atoms with Gasteiger partial charge < -0.3 is 24.6 Å². The summed E-state index contributed by atoms with van der Waals surface area (Å²) in [6, 6.07) is 0.989. The van der Waals surface area contributed by atoms with E-state index in [4.69, 9.17) is 4.74 Å². The minimum absolute atomic E-state index is 0.0404. The van der Waals surface area contributed by atoms with E-state index in [1.54, 1.807) is 4.57 Å². The van der Waals surface area contributed by atoms with Gasteiger partial charge in [-0.1, -0.05) is 13.8 Å². The molecule has 0 aliphatic carbocycles. The fraction of sp³-hybridized carbons (Fsp3) is 0.500. The van der Waals surface area contributed by atoms with Crippen molar-refractivity contribution in [3.05, 3.63) is 33.9 Å². The van der Waals surface area contributed by atoms with Crippen LogP contribution in [0.1, 0.15) is 37.2 Å². The largest absolute Gasteiger partial charge is 0.487 e. The van der Waals surface area contributed by atoms with Gasteiger partial charge in [-0.15, -0.1) is 0 Å². The molecule has 1 saturated heterocycles. The van der Waals surface area contributed by atoms with E-state index in [9.17, 15) is 14.7 Å². The average molecular weight is 389 g/mol. The highest BCUT2D eigenvalue weighted by Crippen LogP contribution is 2.45. The molecule has 0 unspecified atom stereocenters. The molecule has 3 heterocycles. The number of nitrogens with one attached hydrogen (secondary N) is 1. The fourth-order valence-electron chi connectivity index (χ4n) is 4.23. The van der Waals surface area contributed by atoms with Crippen molar-refractivity contribution in [3.63, 3.8) is 0 Å². The fourth-order valence-corrected chi connectivity index (χ4v) is 4.23. The number of carbonyl (C=O) groups is 1. The van der Waals surface area contributed by atoms with Crippen LogP contribution >= 0.6 is 0 Å². The van der Waals surface area contributed by atoms with Gasteiger partial charge in [0.1, 0.15) is 17.9 Å². The second-order valence-electron chi connectivity index (χ2n) is 8.12. The number of halogens is 1. The summed E-state index contributed by atoms with van der Waals surface area (Å²) in [5, 5.41) is 12.7. The minimum atomic E-state index is -1.32. The average Bonchev–Trinajstić information content (AvgIpc) is 2.62. The number of ether oxygens (including phenoxy) is 1. The summed E-state index contributed by atoms with van der Waals surface area (Å²) in [5.74, 6) is -1.55. The third-order valence-corrected chi connectivity index (χ3v) is 5.64. The van der Waals surface area contributed by atoms with Crippen LogP contribution in [0.15, 0.2) is 17.1 Å². The summed E-state index contributed by atoms with van der Waals surface area (Å²) >= 11 is 0. The van der Waals surface area contributed by atoms with E-state index < -0.39 is 17.2 Å². The number of pyridine rings is 1. The number of carboxylic acids is 1. The van der Waals surface area contributed by atoms with Crippen LogP contribution in [0.3, 0.4) is 0 Å². The molecule has 0 spiro atoms. The predicted octanol–water partition coefficient (Wildman–Crippen LogP) is 2.23. The molecule has 1 atom stereocenters. The van der Waals surface area contributed by atoms with Crippen molar-refractivity contribution >= 4 is 22.6 Å². The van der Waals surface area contributed by atoms with E-state index in [1.807, 2.05) is 18.7 Å². The number of benzene rings is 1. The molecule has 0 amide bonds. The first-order chi connectivity index (χ1) is 13.3. The maximum Gasteiger partial charge on any atom is 0.341 e. The summed E-state index contributed by atoms with van der Waals surface area (Å²) in [6.45, 7) is 9.42. The Morgan fingerprint density at radius 3 is 2.82 bits per heavy atom. The van der Waals surface area contributed by atoms with Crippen molar-refractivity contribution < 1.29 is 19.0 Å². The van der Waals surface area contributed by atoms with E-state index in [-0.39, 0.29) is 29.0 Å². The Kier molecular flexibility index (Phi) is 4.33. The number of hydrogen-bond donors (Lipinski definition) is 2. The maximum absolute atomic E-state index is 15.1. The first-order valence-electron chi connectivity index (χ1n) is 9.49. The van der Waals surface area contributed by atoms with Crippen LogP contribution in [0.2, 0.25) is 0 Å². The van der Waals surface area contributed by atoms with E-state index in [2.05, 4.69) is 12.2 Å². The Balaban J connectivity index is 1.86. The Morgan fingerprint density at radius 1 is 1.46 bits per heavy atom. The van der Waals surface area contributed by atoms with Crippen molar-refractivity contribution in [1.82, 2.24) is 9.88 Å². The van der Waals surface area contributed by atoms with Crippen molar-refractivity contribution in [1.29, 1.82) is 0 Å². The van der Waals surface area contributed by atoms with Gasteiger partial charge in [0.2, 0.25) is 5.43 Å². The van der Waals surface area contributed by atoms with Crippen molar-refractivity contribution in [2.24, 2.45) is 5.41 Å². The summed E-state index contributed by atoms with van der Waals surface area (Å²) < 4.78 is 22.7. The van der Waals surface area contributed by atoms with Crippen molar-refractivity contribution in [3.8, 4) is 5.75 Å². The van der Waals surface area contributed by atoms with E-state index >= 15 is 4.39 Å². The molecular formula is C20H24FN3O4. The van der Waals surface area contributed by atoms with Gasteiger partial charge in [-0.25, -0.2) is 9.18 Å². The number of carboxylic acid groups (broad SMARTS) is 1. The molecule has 0 bridgehead atoms. The molecule has 4 rings (SSSR count). The molecular weight excluding hydrogens is 365 g/mol. The first kappa shape index (κ1) is 18.7. The van der Waals surface area contributed by atoms with Gasteiger partial charge in [0.05, 0.1) is 16.9 Å². The van der Waals surface area contributed by atoms with Gasteiger partial charge in [0.25, 0.3) is 0 Å². The Labute approximate surface area is 161 Å². The quantitative estimate of drug-likeness (QED) is 0.816. The van der Waals surface area contributed by atoms with Gasteiger partial charge in [-0.2, -0.15) is 0 Å². The molecule has 2 aliphatic heterocycles. The monoisotopic (exact) mass is 389 g/mol. The molecule has 0 radical (unpaired) electrons. The van der Waals surface area contributed by atoms with Crippen LogP contribution in [-0.4, -0.2) is 48.4 Å². The van der Waals surface area contributed by atoms with E-state index in [0.29, 0.717) is 30.0 Å². The molecule has 150 valence electrons. The summed E-state index contributed by atoms with van der Waals surface area (Å²) in [5.41, 5.74) is -0.195. The predicted molar refractivity (Wildman–Crippen MR) is 104 cm³/mol. The molecule has 2 aromatic rings. The highest BCUT2D eigenvalue weighted by Gasteiger charge is 2.42.